The molecule has 0 saturated carbocycles. The smallest absolute Gasteiger partial charge is 0.338 e. The van der Waals surface area contributed by atoms with E-state index >= 15 is 0 Å². The molecular formula is C13H18ClNO4. The average Bonchev–Trinajstić information content (AvgIpc) is 2.40. The number of ether oxygens (including phenoxy) is 3. The summed E-state index contributed by atoms with van der Waals surface area (Å²) in [6.07, 6.45) is 0.818. The van der Waals surface area contributed by atoms with Gasteiger partial charge in [0.25, 0.3) is 0 Å². The van der Waals surface area contributed by atoms with Crippen LogP contribution in [0.1, 0.15) is 16.8 Å². The van der Waals surface area contributed by atoms with Gasteiger partial charge in [-0.25, -0.2) is 4.79 Å². The van der Waals surface area contributed by atoms with E-state index in [1.807, 2.05) is 0 Å². The van der Waals surface area contributed by atoms with E-state index in [0.29, 0.717) is 36.1 Å². The first-order valence-corrected chi connectivity index (χ1v) is 6.31. The fourth-order valence-corrected chi connectivity index (χ4v) is 1.47. The predicted molar refractivity (Wildman–Crippen MR) is 73.5 cm³/mol. The summed E-state index contributed by atoms with van der Waals surface area (Å²) in [5, 5.41) is 0.415. The largest absolute Gasteiger partial charge is 0.460 e. The number of methoxy groups -OCH3 is 1. The van der Waals surface area contributed by atoms with Gasteiger partial charge >= 0.3 is 5.97 Å². The molecule has 0 aliphatic heterocycles. The second kappa shape index (κ2) is 8.74. The SMILES string of the molecule is COCCCOCCOC(=O)c1ccc(Cl)c(N)c1. The Bertz CT molecular complexity index is 412. The van der Waals surface area contributed by atoms with Crippen molar-refractivity contribution in [1.82, 2.24) is 0 Å². The topological polar surface area (TPSA) is 70.8 Å². The van der Waals surface area contributed by atoms with Gasteiger partial charge in [-0.2, -0.15) is 0 Å². The molecule has 2 N–H and O–H groups in total. The van der Waals surface area contributed by atoms with Gasteiger partial charge in [0.15, 0.2) is 0 Å². The molecule has 0 unspecified atom stereocenters. The van der Waals surface area contributed by atoms with Gasteiger partial charge in [-0.1, -0.05) is 11.6 Å². The van der Waals surface area contributed by atoms with Crippen molar-refractivity contribution < 1.29 is 19.0 Å². The van der Waals surface area contributed by atoms with Crippen LogP contribution in [0.2, 0.25) is 5.02 Å². The summed E-state index contributed by atoms with van der Waals surface area (Å²) < 4.78 is 15.2. The number of nitrogens with two attached hydrogens (primary N) is 1. The van der Waals surface area contributed by atoms with Crippen molar-refractivity contribution in [2.75, 3.05) is 39.3 Å². The van der Waals surface area contributed by atoms with E-state index in [1.165, 1.54) is 6.07 Å². The average molecular weight is 288 g/mol. The third-order valence-corrected chi connectivity index (χ3v) is 2.67. The normalized spacial score (nSPS) is 10.4. The number of hydrogen-bond donors (Lipinski definition) is 1. The summed E-state index contributed by atoms with van der Waals surface area (Å²) in [5.74, 6) is -0.441. The number of rotatable bonds is 8. The van der Waals surface area contributed by atoms with Crippen LogP contribution in [0.4, 0.5) is 5.69 Å². The molecule has 0 aliphatic carbocycles. The summed E-state index contributed by atoms with van der Waals surface area (Å²) in [6, 6.07) is 4.62. The van der Waals surface area contributed by atoms with Crippen molar-refractivity contribution in [2.24, 2.45) is 0 Å². The number of carbonyl (C=O) groups excluding carboxylic acids is 1. The zero-order chi connectivity index (χ0) is 14.1. The minimum absolute atomic E-state index is 0.203. The van der Waals surface area contributed by atoms with Gasteiger partial charge in [-0.05, 0) is 24.6 Å². The van der Waals surface area contributed by atoms with Crippen molar-refractivity contribution in [2.45, 2.75) is 6.42 Å². The van der Waals surface area contributed by atoms with Crippen LogP contribution in [0.15, 0.2) is 18.2 Å². The number of benzene rings is 1. The molecule has 1 aromatic carbocycles. The van der Waals surface area contributed by atoms with Crippen LogP contribution < -0.4 is 5.73 Å². The quantitative estimate of drug-likeness (QED) is 0.450. The maximum absolute atomic E-state index is 11.6. The highest BCUT2D eigenvalue weighted by atomic mass is 35.5. The number of halogens is 1. The summed E-state index contributed by atoms with van der Waals surface area (Å²) in [7, 11) is 1.64. The van der Waals surface area contributed by atoms with E-state index < -0.39 is 5.97 Å². The van der Waals surface area contributed by atoms with Crippen molar-refractivity contribution in [3.63, 3.8) is 0 Å². The second-order valence-corrected chi connectivity index (χ2v) is 4.24. The van der Waals surface area contributed by atoms with Gasteiger partial charge in [0.05, 0.1) is 22.9 Å². The second-order valence-electron chi connectivity index (χ2n) is 3.83. The lowest BCUT2D eigenvalue weighted by atomic mass is 10.2. The molecule has 0 spiro atoms. The Morgan fingerprint density at radius 1 is 1.26 bits per heavy atom. The van der Waals surface area contributed by atoms with Crippen molar-refractivity contribution in [1.29, 1.82) is 0 Å². The third kappa shape index (κ3) is 5.92. The Labute approximate surface area is 117 Å². The minimum Gasteiger partial charge on any atom is -0.460 e. The lowest BCUT2D eigenvalue weighted by Gasteiger charge is -2.07. The number of esters is 1. The van der Waals surface area contributed by atoms with Crippen LogP contribution in [0.3, 0.4) is 0 Å². The third-order valence-electron chi connectivity index (χ3n) is 2.33. The molecular weight excluding hydrogens is 270 g/mol. The van der Waals surface area contributed by atoms with Crippen molar-refractivity contribution in [3.05, 3.63) is 28.8 Å². The van der Waals surface area contributed by atoms with Crippen molar-refractivity contribution >= 4 is 23.3 Å². The molecule has 1 aromatic rings. The van der Waals surface area contributed by atoms with E-state index in [4.69, 9.17) is 31.5 Å². The molecule has 1 rings (SSSR count). The monoisotopic (exact) mass is 287 g/mol. The number of nitrogen functional groups attached to an aromatic ring is 1. The number of anilines is 1. The molecule has 6 heteroatoms. The zero-order valence-electron chi connectivity index (χ0n) is 10.9. The molecule has 0 atom stereocenters. The first kappa shape index (κ1) is 15.8. The molecule has 5 nitrogen and oxygen atoms in total. The van der Waals surface area contributed by atoms with E-state index in [0.717, 1.165) is 6.42 Å². The summed E-state index contributed by atoms with van der Waals surface area (Å²) in [6.45, 7) is 1.80. The highest BCUT2D eigenvalue weighted by molar-refractivity contribution is 6.33. The minimum atomic E-state index is -0.441. The Morgan fingerprint density at radius 2 is 2.05 bits per heavy atom. The zero-order valence-corrected chi connectivity index (χ0v) is 11.6. The first-order valence-electron chi connectivity index (χ1n) is 5.94. The molecule has 0 aromatic heterocycles. The van der Waals surface area contributed by atoms with Gasteiger partial charge in [0.1, 0.15) is 6.61 Å². The molecule has 0 fully saturated rings. The molecule has 0 heterocycles. The van der Waals surface area contributed by atoms with Crippen LogP contribution in [-0.2, 0) is 14.2 Å². The van der Waals surface area contributed by atoms with Crippen LogP contribution in [0.25, 0.3) is 0 Å². The molecule has 0 amide bonds. The Balaban J connectivity index is 2.22. The molecule has 19 heavy (non-hydrogen) atoms. The predicted octanol–water partition coefficient (Wildman–Crippen LogP) is 2.13. The Kier molecular flexibility index (Phi) is 7.25. The van der Waals surface area contributed by atoms with Crippen LogP contribution in [0.5, 0.6) is 0 Å². The lowest BCUT2D eigenvalue weighted by Crippen LogP contribution is -2.12. The fourth-order valence-electron chi connectivity index (χ4n) is 1.35. The fraction of sp³-hybridized carbons (Fsp3) is 0.462. The summed E-state index contributed by atoms with van der Waals surface area (Å²) in [5.41, 5.74) is 6.33. The molecule has 0 radical (unpaired) electrons. The Morgan fingerprint density at radius 3 is 2.74 bits per heavy atom. The van der Waals surface area contributed by atoms with E-state index in [9.17, 15) is 4.79 Å². The molecule has 0 saturated heterocycles. The van der Waals surface area contributed by atoms with Crippen molar-refractivity contribution in [3.8, 4) is 0 Å². The van der Waals surface area contributed by atoms with Crippen LogP contribution >= 0.6 is 11.6 Å². The Hall–Kier alpha value is -1.30. The maximum Gasteiger partial charge on any atom is 0.338 e. The molecule has 0 aliphatic rings. The maximum atomic E-state index is 11.6. The molecule has 0 bridgehead atoms. The van der Waals surface area contributed by atoms with E-state index in [1.54, 1.807) is 19.2 Å². The summed E-state index contributed by atoms with van der Waals surface area (Å²) in [4.78, 5) is 11.6. The standard InChI is InChI=1S/C13H18ClNO4/c1-17-5-2-6-18-7-8-19-13(16)10-3-4-11(14)12(15)9-10/h3-4,9H,2,5-8,15H2,1H3. The van der Waals surface area contributed by atoms with Crippen LogP contribution in [0, 0.1) is 0 Å². The van der Waals surface area contributed by atoms with Gasteiger partial charge in [0, 0.05) is 20.3 Å². The lowest BCUT2D eigenvalue weighted by molar-refractivity contribution is 0.0288. The highest BCUT2D eigenvalue weighted by Crippen LogP contribution is 2.19. The van der Waals surface area contributed by atoms with Crippen LogP contribution in [-0.4, -0.2) is 39.5 Å². The van der Waals surface area contributed by atoms with Gasteiger partial charge in [0.2, 0.25) is 0 Å². The summed E-state index contributed by atoms with van der Waals surface area (Å²) >= 11 is 5.77. The highest BCUT2D eigenvalue weighted by Gasteiger charge is 2.08. The first-order chi connectivity index (χ1) is 9.15. The van der Waals surface area contributed by atoms with Gasteiger partial charge in [-0.15, -0.1) is 0 Å². The number of carbonyl (C=O) groups is 1. The van der Waals surface area contributed by atoms with Gasteiger partial charge < -0.3 is 19.9 Å². The van der Waals surface area contributed by atoms with E-state index in [-0.39, 0.29) is 6.61 Å². The molecule has 106 valence electrons. The number of hydrogen-bond acceptors (Lipinski definition) is 5. The van der Waals surface area contributed by atoms with E-state index in [2.05, 4.69) is 0 Å². The van der Waals surface area contributed by atoms with Gasteiger partial charge in [-0.3, -0.25) is 0 Å².